The summed E-state index contributed by atoms with van der Waals surface area (Å²) in [4.78, 5) is 10.3. The summed E-state index contributed by atoms with van der Waals surface area (Å²) in [5.41, 5.74) is 1.09. The van der Waals surface area contributed by atoms with Crippen LogP contribution in [0.15, 0.2) is 18.2 Å². The van der Waals surface area contributed by atoms with Crippen molar-refractivity contribution >= 4 is 6.29 Å². The maximum Gasteiger partial charge on any atom is 0.161 e. The first-order valence-corrected chi connectivity index (χ1v) is 7.45. The highest BCUT2D eigenvalue weighted by Gasteiger charge is 2.05. The summed E-state index contributed by atoms with van der Waals surface area (Å²) in [5, 5.41) is 0. The lowest BCUT2D eigenvalue weighted by atomic mass is 10.1. The third-order valence-electron chi connectivity index (χ3n) is 2.65. The molecule has 1 rings (SSSR count). The standard InChI is InChI=1S/C13H18O3.C4H10O/c1-3-9-16-12-7-6-11(5-4-8-14)10-13(12)15-2;1-3-4-5-2/h6-8,10H,3-5,9H2,1-2H3;3-4H2,1-2H3. The fraction of sp³-hybridized carbons (Fsp3) is 0.588. The Morgan fingerprint density at radius 1 is 1.05 bits per heavy atom. The van der Waals surface area contributed by atoms with Gasteiger partial charge in [-0.05, 0) is 37.0 Å². The van der Waals surface area contributed by atoms with E-state index in [0.29, 0.717) is 13.0 Å². The van der Waals surface area contributed by atoms with E-state index in [4.69, 9.17) is 14.2 Å². The second kappa shape index (κ2) is 13.4. The molecule has 0 aromatic heterocycles. The van der Waals surface area contributed by atoms with Crippen LogP contribution < -0.4 is 9.47 Å². The van der Waals surface area contributed by atoms with Gasteiger partial charge in [-0.1, -0.05) is 19.9 Å². The number of carbonyl (C=O) groups excluding carboxylic acids is 1. The molecule has 0 N–H and O–H groups in total. The predicted molar refractivity (Wildman–Crippen MR) is 85.3 cm³/mol. The number of hydrogen-bond acceptors (Lipinski definition) is 4. The Morgan fingerprint density at radius 2 is 1.76 bits per heavy atom. The molecule has 0 atom stereocenters. The minimum atomic E-state index is 0.540. The van der Waals surface area contributed by atoms with E-state index in [0.717, 1.165) is 49.2 Å². The summed E-state index contributed by atoms with van der Waals surface area (Å²) in [7, 11) is 3.33. The molecule has 0 amide bonds. The Kier molecular flexibility index (Phi) is 12.4. The van der Waals surface area contributed by atoms with E-state index in [1.165, 1.54) is 0 Å². The minimum Gasteiger partial charge on any atom is -0.493 e. The van der Waals surface area contributed by atoms with E-state index in [9.17, 15) is 4.79 Å². The molecule has 0 saturated carbocycles. The number of ether oxygens (including phenoxy) is 3. The number of hydrogen-bond donors (Lipinski definition) is 0. The van der Waals surface area contributed by atoms with Crippen molar-refractivity contribution in [1.29, 1.82) is 0 Å². The Labute approximate surface area is 128 Å². The first-order valence-electron chi connectivity index (χ1n) is 7.45. The maximum absolute atomic E-state index is 10.3. The van der Waals surface area contributed by atoms with E-state index in [2.05, 4.69) is 13.8 Å². The minimum absolute atomic E-state index is 0.540. The molecule has 0 radical (unpaired) electrons. The lowest BCUT2D eigenvalue weighted by Crippen LogP contribution is -1.98. The number of methoxy groups -OCH3 is 2. The van der Waals surface area contributed by atoms with Gasteiger partial charge in [-0.2, -0.15) is 0 Å². The Morgan fingerprint density at radius 3 is 2.24 bits per heavy atom. The van der Waals surface area contributed by atoms with Gasteiger partial charge in [0.15, 0.2) is 11.5 Å². The van der Waals surface area contributed by atoms with Gasteiger partial charge in [0.1, 0.15) is 6.29 Å². The molecular weight excluding hydrogens is 268 g/mol. The fourth-order valence-electron chi connectivity index (χ4n) is 1.63. The number of aryl methyl sites for hydroxylation is 1. The van der Waals surface area contributed by atoms with Crippen molar-refractivity contribution in [3.63, 3.8) is 0 Å². The summed E-state index contributed by atoms with van der Waals surface area (Å²) in [6.07, 6.45) is 4.30. The van der Waals surface area contributed by atoms with E-state index >= 15 is 0 Å². The molecule has 0 heterocycles. The monoisotopic (exact) mass is 296 g/mol. The van der Waals surface area contributed by atoms with Gasteiger partial charge in [0.25, 0.3) is 0 Å². The number of benzene rings is 1. The highest BCUT2D eigenvalue weighted by molar-refractivity contribution is 5.51. The van der Waals surface area contributed by atoms with Gasteiger partial charge in [0.2, 0.25) is 0 Å². The molecule has 0 bridgehead atoms. The summed E-state index contributed by atoms with van der Waals surface area (Å²) < 4.78 is 15.5. The second-order valence-electron chi connectivity index (χ2n) is 4.53. The van der Waals surface area contributed by atoms with Crippen molar-refractivity contribution in [2.75, 3.05) is 27.4 Å². The molecule has 0 unspecified atom stereocenters. The number of carbonyl (C=O) groups is 1. The Hall–Kier alpha value is -1.55. The fourth-order valence-corrected chi connectivity index (χ4v) is 1.63. The lowest BCUT2D eigenvalue weighted by molar-refractivity contribution is -0.107. The van der Waals surface area contributed by atoms with E-state index in [1.807, 2.05) is 18.2 Å². The van der Waals surface area contributed by atoms with E-state index in [-0.39, 0.29) is 0 Å². The van der Waals surface area contributed by atoms with Crippen LogP contribution in [0.2, 0.25) is 0 Å². The lowest BCUT2D eigenvalue weighted by Gasteiger charge is -2.11. The first kappa shape index (κ1) is 19.4. The van der Waals surface area contributed by atoms with Gasteiger partial charge in [0.05, 0.1) is 13.7 Å². The zero-order valence-corrected chi connectivity index (χ0v) is 13.7. The van der Waals surface area contributed by atoms with Crippen molar-refractivity contribution in [2.45, 2.75) is 39.5 Å². The van der Waals surface area contributed by atoms with Crippen LogP contribution in [-0.4, -0.2) is 33.7 Å². The van der Waals surface area contributed by atoms with Crippen molar-refractivity contribution < 1.29 is 19.0 Å². The topological polar surface area (TPSA) is 44.8 Å². The van der Waals surface area contributed by atoms with Crippen LogP contribution in [0.1, 0.15) is 38.7 Å². The molecule has 21 heavy (non-hydrogen) atoms. The molecule has 0 fully saturated rings. The predicted octanol–water partition coefficient (Wildman–Crippen LogP) is 3.66. The van der Waals surface area contributed by atoms with Gasteiger partial charge >= 0.3 is 0 Å². The number of aldehydes is 1. The second-order valence-corrected chi connectivity index (χ2v) is 4.53. The summed E-state index contributed by atoms with van der Waals surface area (Å²) in [6, 6.07) is 5.79. The van der Waals surface area contributed by atoms with Gasteiger partial charge in [-0.25, -0.2) is 0 Å². The highest BCUT2D eigenvalue weighted by Crippen LogP contribution is 2.28. The maximum atomic E-state index is 10.3. The van der Waals surface area contributed by atoms with Gasteiger partial charge < -0.3 is 19.0 Å². The Balaban J connectivity index is 0.000000690. The molecule has 4 heteroatoms. The average Bonchev–Trinajstić information content (AvgIpc) is 2.52. The quantitative estimate of drug-likeness (QED) is 0.652. The van der Waals surface area contributed by atoms with Crippen LogP contribution in [0, 0.1) is 0 Å². The number of rotatable bonds is 9. The molecule has 1 aromatic rings. The van der Waals surface area contributed by atoms with Gasteiger partial charge in [0, 0.05) is 20.1 Å². The van der Waals surface area contributed by atoms with Crippen molar-refractivity contribution in [1.82, 2.24) is 0 Å². The molecule has 4 nitrogen and oxygen atoms in total. The third kappa shape index (κ3) is 9.08. The van der Waals surface area contributed by atoms with E-state index in [1.54, 1.807) is 14.2 Å². The van der Waals surface area contributed by atoms with Crippen LogP contribution in [-0.2, 0) is 16.0 Å². The van der Waals surface area contributed by atoms with Crippen molar-refractivity contribution in [3.05, 3.63) is 23.8 Å². The molecule has 120 valence electrons. The van der Waals surface area contributed by atoms with Crippen molar-refractivity contribution in [3.8, 4) is 11.5 Å². The van der Waals surface area contributed by atoms with Crippen LogP contribution >= 0.6 is 0 Å². The zero-order valence-electron chi connectivity index (χ0n) is 13.7. The SMILES string of the molecule is CCCOC.CCCOc1ccc(CCC=O)cc1OC. The summed E-state index contributed by atoms with van der Waals surface area (Å²) in [5.74, 6) is 1.50. The summed E-state index contributed by atoms with van der Waals surface area (Å²) >= 11 is 0. The zero-order chi connectivity index (χ0) is 15.9. The highest BCUT2D eigenvalue weighted by atomic mass is 16.5. The third-order valence-corrected chi connectivity index (χ3v) is 2.65. The molecule has 1 aromatic carbocycles. The van der Waals surface area contributed by atoms with Crippen LogP contribution in [0.5, 0.6) is 11.5 Å². The molecule has 0 saturated heterocycles. The summed E-state index contributed by atoms with van der Waals surface area (Å²) in [6.45, 7) is 5.72. The largest absolute Gasteiger partial charge is 0.493 e. The van der Waals surface area contributed by atoms with Crippen molar-refractivity contribution in [2.24, 2.45) is 0 Å². The van der Waals surface area contributed by atoms with Gasteiger partial charge in [-0.15, -0.1) is 0 Å². The van der Waals surface area contributed by atoms with Gasteiger partial charge in [-0.3, -0.25) is 0 Å². The molecule has 0 spiro atoms. The average molecular weight is 296 g/mol. The Bertz CT molecular complexity index is 375. The first-order chi connectivity index (χ1) is 10.2. The molecule has 0 aliphatic rings. The van der Waals surface area contributed by atoms with Crippen LogP contribution in [0.25, 0.3) is 0 Å². The van der Waals surface area contributed by atoms with Crippen LogP contribution in [0.4, 0.5) is 0 Å². The molecule has 0 aliphatic heterocycles. The normalized spacial score (nSPS) is 9.52. The molecule has 0 aliphatic carbocycles. The molecular formula is C17H28O4. The smallest absolute Gasteiger partial charge is 0.161 e. The van der Waals surface area contributed by atoms with E-state index < -0.39 is 0 Å². The van der Waals surface area contributed by atoms with Crippen LogP contribution in [0.3, 0.4) is 0 Å².